The van der Waals surface area contributed by atoms with Gasteiger partial charge in [-0.2, -0.15) is 0 Å². The fourth-order valence-corrected chi connectivity index (χ4v) is 4.65. The number of benzene rings is 2. The topological polar surface area (TPSA) is 59.1 Å². The molecule has 2 unspecified atom stereocenters. The molecule has 0 radical (unpaired) electrons. The minimum atomic E-state index is -0.295. The molecule has 4 rings (SSSR count). The van der Waals surface area contributed by atoms with E-state index in [1.54, 1.807) is 0 Å². The smallest absolute Gasteiger partial charge is 0.282 e. The van der Waals surface area contributed by atoms with Crippen LogP contribution in [0.5, 0.6) is 5.75 Å². The van der Waals surface area contributed by atoms with E-state index in [2.05, 4.69) is 6.92 Å². The van der Waals surface area contributed by atoms with Gasteiger partial charge in [-0.05, 0) is 63.4 Å². The van der Waals surface area contributed by atoms with Crippen LogP contribution >= 0.6 is 0 Å². The van der Waals surface area contributed by atoms with E-state index < -0.39 is 0 Å². The van der Waals surface area contributed by atoms with E-state index in [-0.39, 0.29) is 24.0 Å². The Bertz CT molecular complexity index is 1080. The molecule has 2 aliphatic rings. The lowest BCUT2D eigenvalue weighted by molar-refractivity contribution is -0.121. The molecule has 6 nitrogen and oxygen atoms in total. The molecule has 2 amide bonds. The monoisotopic (exact) mass is 448 g/mol. The Morgan fingerprint density at radius 1 is 0.970 bits per heavy atom. The summed E-state index contributed by atoms with van der Waals surface area (Å²) in [6.45, 7) is 11.7. The Labute approximate surface area is 195 Å². The Kier molecular flexibility index (Phi) is 6.56. The highest BCUT2D eigenvalue weighted by Gasteiger charge is 2.44. The van der Waals surface area contributed by atoms with Crippen molar-refractivity contribution in [2.24, 2.45) is 0 Å². The van der Waals surface area contributed by atoms with Crippen molar-refractivity contribution in [1.82, 2.24) is 4.90 Å². The highest BCUT2D eigenvalue weighted by molar-refractivity contribution is 6.45. The van der Waals surface area contributed by atoms with Crippen molar-refractivity contribution in [2.75, 3.05) is 24.6 Å². The Balaban J connectivity index is 1.79. The number of morpholine rings is 1. The van der Waals surface area contributed by atoms with Crippen LogP contribution in [-0.2, 0) is 14.3 Å². The predicted molar refractivity (Wildman–Crippen MR) is 129 cm³/mol. The minimum Gasteiger partial charge on any atom is -0.494 e. The third kappa shape index (κ3) is 4.53. The van der Waals surface area contributed by atoms with Gasteiger partial charge in [0.2, 0.25) is 0 Å². The second-order valence-electron chi connectivity index (χ2n) is 8.99. The Morgan fingerprint density at radius 3 is 2.24 bits per heavy atom. The average molecular weight is 449 g/mol. The summed E-state index contributed by atoms with van der Waals surface area (Å²) in [5.41, 5.74) is 4.20. The fraction of sp³-hybridized carbons (Fsp3) is 0.407. The second kappa shape index (κ2) is 9.40. The van der Waals surface area contributed by atoms with E-state index in [4.69, 9.17) is 9.47 Å². The Morgan fingerprint density at radius 2 is 1.64 bits per heavy atom. The molecule has 0 N–H and O–H groups in total. The maximum absolute atomic E-state index is 13.8. The molecule has 2 atom stereocenters. The molecule has 1 saturated heterocycles. The molecule has 6 heteroatoms. The zero-order valence-electron chi connectivity index (χ0n) is 20.1. The number of rotatable bonds is 6. The van der Waals surface area contributed by atoms with Crippen LogP contribution in [0.1, 0.15) is 43.9 Å². The zero-order chi connectivity index (χ0) is 23.7. The lowest BCUT2D eigenvalue weighted by Gasteiger charge is -2.37. The van der Waals surface area contributed by atoms with Crippen molar-refractivity contribution < 1.29 is 19.1 Å². The average Bonchev–Trinajstić information content (AvgIpc) is 3.02. The first-order chi connectivity index (χ1) is 15.8. The molecule has 2 aromatic carbocycles. The molecule has 33 heavy (non-hydrogen) atoms. The van der Waals surface area contributed by atoms with Gasteiger partial charge in [-0.25, -0.2) is 4.90 Å². The van der Waals surface area contributed by atoms with Gasteiger partial charge in [0.05, 0.1) is 30.1 Å². The quantitative estimate of drug-likeness (QED) is 0.610. The number of amides is 2. The van der Waals surface area contributed by atoms with Crippen LogP contribution < -0.4 is 9.64 Å². The highest BCUT2D eigenvalue weighted by Crippen LogP contribution is 2.37. The number of carbonyl (C=O) groups excluding carboxylic acids is 2. The number of ether oxygens (including phenoxy) is 2. The maximum atomic E-state index is 13.8. The number of imide groups is 1. The van der Waals surface area contributed by atoms with Gasteiger partial charge in [0.1, 0.15) is 11.4 Å². The molecule has 1 fully saturated rings. The summed E-state index contributed by atoms with van der Waals surface area (Å²) in [5, 5.41) is 0. The van der Waals surface area contributed by atoms with E-state index in [1.165, 1.54) is 4.90 Å². The molecule has 2 aromatic rings. The minimum absolute atomic E-state index is 0.0367. The normalized spacial score (nSPS) is 21.2. The van der Waals surface area contributed by atoms with Crippen molar-refractivity contribution in [3.8, 4) is 5.75 Å². The SMILES string of the molecule is CCCOc1ccc(C2=C(N3CC(C)OC(C)C3)C(=O)N(c3ccc(C)cc3C)C2=O)cc1. The lowest BCUT2D eigenvalue weighted by atomic mass is 10.0. The van der Waals surface area contributed by atoms with Gasteiger partial charge in [0, 0.05) is 13.1 Å². The summed E-state index contributed by atoms with van der Waals surface area (Å²) >= 11 is 0. The highest BCUT2D eigenvalue weighted by atomic mass is 16.5. The molecular formula is C27H32N2O4. The third-order valence-electron chi connectivity index (χ3n) is 6.00. The number of nitrogens with zero attached hydrogens (tertiary/aromatic N) is 2. The van der Waals surface area contributed by atoms with E-state index in [1.807, 2.05) is 75.1 Å². The van der Waals surface area contributed by atoms with Gasteiger partial charge >= 0.3 is 0 Å². The number of aryl methyl sites for hydroxylation is 2. The summed E-state index contributed by atoms with van der Waals surface area (Å²) in [7, 11) is 0. The predicted octanol–water partition coefficient (Wildman–Crippen LogP) is 4.49. The van der Waals surface area contributed by atoms with E-state index >= 15 is 0 Å². The van der Waals surface area contributed by atoms with Crippen LogP contribution in [-0.4, -0.2) is 48.6 Å². The summed E-state index contributed by atoms with van der Waals surface area (Å²) in [6, 6.07) is 13.2. The van der Waals surface area contributed by atoms with Crippen molar-refractivity contribution >= 4 is 23.1 Å². The molecule has 0 bridgehead atoms. The van der Waals surface area contributed by atoms with Crippen molar-refractivity contribution in [3.63, 3.8) is 0 Å². The van der Waals surface area contributed by atoms with Gasteiger partial charge in [0.15, 0.2) is 0 Å². The van der Waals surface area contributed by atoms with Crippen LogP contribution in [0, 0.1) is 13.8 Å². The van der Waals surface area contributed by atoms with Gasteiger partial charge in [-0.3, -0.25) is 9.59 Å². The molecule has 0 aliphatic carbocycles. The van der Waals surface area contributed by atoms with Gasteiger partial charge in [-0.15, -0.1) is 0 Å². The van der Waals surface area contributed by atoms with Crippen molar-refractivity contribution in [3.05, 3.63) is 64.9 Å². The number of hydrogen-bond donors (Lipinski definition) is 0. The van der Waals surface area contributed by atoms with E-state index in [0.717, 1.165) is 23.3 Å². The molecule has 0 saturated carbocycles. The molecule has 0 spiro atoms. The molecular weight excluding hydrogens is 416 g/mol. The van der Waals surface area contributed by atoms with Crippen LogP contribution in [0.25, 0.3) is 5.57 Å². The van der Waals surface area contributed by atoms with Crippen LogP contribution in [0.2, 0.25) is 0 Å². The molecule has 2 heterocycles. The van der Waals surface area contributed by atoms with Crippen LogP contribution in [0.4, 0.5) is 5.69 Å². The molecule has 174 valence electrons. The molecule has 0 aromatic heterocycles. The lowest BCUT2D eigenvalue weighted by Crippen LogP contribution is -2.47. The summed E-state index contributed by atoms with van der Waals surface area (Å²) in [4.78, 5) is 30.9. The number of anilines is 1. The first-order valence-electron chi connectivity index (χ1n) is 11.6. The van der Waals surface area contributed by atoms with Crippen LogP contribution in [0.3, 0.4) is 0 Å². The first kappa shape index (κ1) is 23.1. The summed E-state index contributed by atoms with van der Waals surface area (Å²) < 4.78 is 11.6. The molecule has 2 aliphatic heterocycles. The number of carbonyl (C=O) groups is 2. The van der Waals surface area contributed by atoms with Crippen LogP contribution in [0.15, 0.2) is 48.2 Å². The standard InChI is InChI=1S/C27H32N2O4/c1-6-13-32-22-10-8-21(9-11-22)24-25(28-15-19(4)33-20(5)16-28)27(31)29(26(24)30)23-12-7-17(2)14-18(23)3/h7-12,14,19-20H,6,13,15-16H2,1-5H3. The second-order valence-corrected chi connectivity index (χ2v) is 8.99. The van der Waals surface area contributed by atoms with Crippen molar-refractivity contribution in [1.29, 1.82) is 0 Å². The Hall–Kier alpha value is -3.12. The third-order valence-corrected chi connectivity index (χ3v) is 6.00. The van der Waals surface area contributed by atoms with E-state index in [0.29, 0.717) is 42.2 Å². The fourth-order valence-electron chi connectivity index (χ4n) is 4.65. The summed E-state index contributed by atoms with van der Waals surface area (Å²) in [6.07, 6.45) is 0.846. The maximum Gasteiger partial charge on any atom is 0.282 e. The zero-order valence-corrected chi connectivity index (χ0v) is 20.1. The first-order valence-corrected chi connectivity index (χ1v) is 11.6. The van der Waals surface area contributed by atoms with Gasteiger partial charge < -0.3 is 14.4 Å². The summed E-state index contributed by atoms with van der Waals surface area (Å²) in [5.74, 6) is 0.171. The van der Waals surface area contributed by atoms with E-state index in [9.17, 15) is 9.59 Å². The van der Waals surface area contributed by atoms with Gasteiger partial charge in [-0.1, -0.05) is 36.8 Å². The largest absolute Gasteiger partial charge is 0.494 e. The van der Waals surface area contributed by atoms with Crippen molar-refractivity contribution in [2.45, 2.75) is 53.2 Å². The number of hydrogen-bond acceptors (Lipinski definition) is 5. The van der Waals surface area contributed by atoms with Gasteiger partial charge in [0.25, 0.3) is 11.8 Å².